The number of carboxylic acids is 1. The summed E-state index contributed by atoms with van der Waals surface area (Å²) in [4.78, 5) is 15.9. The first-order chi connectivity index (χ1) is 16.3. The molecule has 3 aromatic rings. The number of imidazole rings is 1. The van der Waals surface area contributed by atoms with E-state index in [1.54, 1.807) is 0 Å². The summed E-state index contributed by atoms with van der Waals surface area (Å²) >= 11 is 0. The van der Waals surface area contributed by atoms with Crippen LogP contribution in [-0.4, -0.2) is 20.6 Å². The molecule has 1 fully saturated rings. The molecule has 5 nitrogen and oxygen atoms in total. The smallest absolute Gasteiger partial charge is 0.416 e. The molecule has 0 unspecified atom stereocenters. The Labute approximate surface area is 203 Å². The molecule has 2 aromatic carbocycles. The van der Waals surface area contributed by atoms with E-state index >= 15 is 0 Å². The second kappa shape index (κ2) is 9.21. The van der Waals surface area contributed by atoms with Crippen molar-refractivity contribution in [1.82, 2.24) is 9.55 Å². The Bertz CT molecular complexity index is 1230. The van der Waals surface area contributed by atoms with E-state index in [9.17, 15) is 18.0 Å². The molecule has 0 saturated heterocycles. The van der Waals surface area contributed by atoms with Gasteiger partial charge in [0, 0.05) is 18.2 Å². The molecule has 4 rings (SSSR count). The topological polar surface area (TPSA) is 67.2 Å². The molecular weight excluding hydrogens is 455 g/mol. The van der Waals surface area contributed by atoms with Gasteiger partial charge in [0.15, 0.2) is 0 Å². The largest absolute Gasteiger partial charge is 0.481 e. The number of benzene rings is 2. The van der Waals surface area contributed by atoms with Crippen molar-refractivity contribution in [2.75, 3.05) is 5.32 Å². The summed E-state index contributed by atoms with van der Waals surface area (Å²) in [6.07, 6.45) is -0.854. The Balaban J connectivity index is 1.78. The minimum Gasteiger partial charge on any atom is -0.481 e. The third-order valence-electron chi connectivity index (χ3n) is 6.95. The van der Waals surface area contributed by atoms with Gasteiger partial charge in [-0.3, -0.25) is 4.79 Å². The lowest BCUT2D eigenvalue weighted by Gasteiger charge is -2.40. The van der Waals surface area contributed by atoms with Gasteiger partial charge in [0.05, 0.1) is 16.6 Å². The van der Waals surface area contributed by atoms with Gasteiger partial charge in [-0.1, -0.05) is 20.8 Å². The number of rotatable bonds is 6. The van der Waals surface area contributed by atoms with Gasteiger partial charge in [-0.05, 0) is 91.5 Å². The summed E-state index contributed by atoms with van der Waals surface area (Å²) in [5, 5.41) is 12.4. The van der Waals surface area contributed by atoms with Gasteiger partial charge in [0.25, 0.3) is 0 Å². The fourth-order valence-electron chi connectivity index (χ4n) is 5.62. The van der Waals surface area contributed by atoms with Gasteiger partial charge in [-0.25, -0.2) is 4.98 Å². The summed E-state index contributed by atoms with van der Waals surface area (Å²) in [6.45, 7) is 8.77. The van der Waals surface area contributed by atoms with Crippen LogP contribution in [0.4, 0.5) is 24.8 Å². The molecule has 0 radical (unpaired) electrons. The Hall–Kier alpha value is -3.03. The van der Waals surface area contributed by atoms with Crippen molar-refractivity contribution in [2.45, 2.75) is 72.0 Å². The van der Waals surface area contributed by atoms with Crippen LogP contribution in [0.2, 0.25) is 0 Å². The Morgan fingerprint density at radius 3 is 2.49 bits per heavy atom. The highest BCUT2D eigenvalue weighted by molar-refractivity contribution is 5.82. The fourth-order valence-corrected chi connectivity index (χ4v) is 5.62. The van der Waals surface area contributed by atoms with E-state index in [1.165, 1.54) is 12.1 Å². The number of carbonyl (C=O) groups is 1. The monoisotopic (exact) mass is 487 g/mol. The zero-order valence-electron chi connectivity index (χ0n) is 20.5. The number of nitrogens with zero attached hydrogens (tertiary/aromatic N) is 2. The molecule has 0 spiro atoms. The number of carboxylic acid groups (broad SMARTS) is 1. The van der Waals surface area contributed by atoms with E-state index in [0.717, 1.165) is 53.6 Å². The molecule has 2 N–H and O–H groups in total. The standard InChI is InChI=1S/C27H32F3N3O2/c1-16-11-21(15-26(3,4)14-16)33-23-12-17(2)18(5-10-24(34)35)13-22(23)32-25(33)31-20-8-6-19(7-9-20)27(28,29)30/h6-9,12-13,16,21H,5,10-11,14-15H2,1-4H3,(H,31,32)(H,34,35)/t16-,21+/m0/s1. The summed E-state index contributed by atoms with van der Waals surface area (Å²) in [5.41, 5.74) is 3.62. The number of aliphatic carboxylic acids is 1. The van der Waals surface area contributed by atoms with E-state index in [1.807, 2.05) is 13.0 Å². The lowest BCUT2D eigenvalue weighted by Crippen LogP contribution is -2.29. The maximum atomic E-state index is 13.0. The lowest BCUT2D eigenvalue weighted by molar-refractivity contribution is -0.138. The van der Waals surface area contributed by atoms with Crippen LogP contribution >= 0.6 is 0 Å². The molecular formula is C27H32F3N3O2. The second-order valence-electron chi connectivity index (χ2n) is 10.7. The third kappa shape index (κ3) is 5.63. The molecule has 1 aromatic heterocycles. The van der Waals surface area contributed by atoms with Gasteiger partial charge in [0.2, 0.25) is 5.95 Å². The normalized spacial score (nSPS) is 20.2. The van der Waals surface area contributed by atoms with Crippen molar-refractivity contribution < 1.29 is 23.1 Å². The van der Waals surface area contributed by atoms with Crippen LogP contribution in [0, 0.1) is 18.3 Å². The first-order valence-electron chi connectivity index (χ1n) is 12.0. The minimum atomic E-state index is -4.39. The average molecular weight is 488 g/mol. The predicted octanol–water partition coefficient (Wildman–Crippen LogP) is 7.51. The summed E-state index contributed by atoms with van der Waals surface area (Å²) in [5.74, 6) is 0.263. The Morgan fingerprint density at radius 2 is 1.89 bits per heavy atom. The first-order valence-corrected chi connectivity index (χ1v) is 12.0. The highest BCUT2D eigenvalue weighted by atomic mass is 19.4. The number of alkyl halides is 3. The van der Waals surface area contributed by atoms with Gasteiger partial charge in [0.1, 0.15) is 0 Å². The minimum absolute atomic E-state index is 0.0397. The van der Waals surface area contributed by atoms with Crippen LogP contribution in [0.25, 0.3) is 11.0 Å². The number of fused-ring (bicyclic) bond motifs is 1. The van der Waals surface area contributed by atoms with E-state index in [2.05, 4.69) is 36.7 Å². The molecule has 188 valence electrons. The van der Waals surface area contributed by atoms with Crippen LogP contribution in [0.1, 0.15) is 69.2 Å². The Kier molecular flexibility index (Phi) is 6.60. The molecule has 8 heteroatoms. The van der Waals surface area contributed by atoms with Crippen LogP contribution < -0.4 is 5.32 Å². The van der Waals surface area contributed by atoms with Crippen molar-refractivity contribution in [3.8, 4) is 0 Å². The van der Waals surface area contributed by atoms with Crippen molar-refractivity contribution in [1.29, 1.82) is 0 Å². The van der Waals surface area contributed by atoms with Crippen molar-refractivity contribution in [2.24, 2.45) is 11.3 Å². The molecule has 0 aliphatic heterocycles. The van der Waals surface area contributed by atoms with E-state index in [-0.39, 0.29) is 17.9 Å². The summed E-state index contributed by atoms with van der Waals surface area (Å²) in [7, 11) is 0. The van der Waals surface area contributed by atoms with Crippen molar-refractivity contribution >= 4 is 28.6 Å². The van der Waals surface area contributed by atoms with Crippen molar-refractivity contribution in [3.63, 3.8) is 0 Å². The Morgan fingerprint density at radius 1 is 1.20 bits per heavy atom. The van der Waals surface area contributed by atoms with Gasteiger partial charge < -0.3 is 15.0 Å². The average Bonchev–Trinajstić information content (AvgIpc) is 3.06. The second-order valence-corrected chi connectivity index (χ2v) is 10.7. The fraction of sp³-hybridized carbons (Fsp3) is 0.481. The summed E-state index contributed by atoms with van der Waals surface area (Å²) < 4.78 is 41.2. The zero-order chi connectivity index (χ0) is 25.5. The molecule has 1 aliphatic rings. The number of aryl methyl sites for hydroxylation is 2. The van der Waals surface area contributed by atoms with Crippen LogP contribution in [-0.2, 0) is 17.4 Å². The SMILES string of the molecule is Cc1cc2c(cc1CCC(=O)O)nc(Nc1ccc(C(F)(F)F)cc1)n2[C@@H]1C[C@H](C)CC(C)(C)C1. The molecule has 1 aliphatic carbocycles. The van der Waals surface area contributed by atoms with Crippen LogP contribution in [0.5, 0.6) is 0 Å². The highest BCUT2D eigenvalue weighted by Gasteiger charge is 2.35. The highest BCUT2D eigenvalue weighted by Crippen LogP contribution is 2.46. The molecule has 1 saturated carbocycles. The van der Waals surface area contributed by atoms with Gasteiger partial charge >= 0.3 is 12.1 Å². The number of anilines is 2. The van der Waals surface area contributed by atoms with Gasteiger partial charge in [-0.2, -0.15) is 13.2 Å². The summed E-state index contributed by atoms with van der Waals surface area (Å²) in [6, 6.07) is 9.15. The molecule has 35 heavy (non-hydrogen) atoms. The molecule has 1 heterocycles. The number of nitrogens with one attached hydrogen (secondary N) is 1. The number of halogens is 3. The first kappa shape index (κ1) is 25.1. The lowest BCUT2D eigenvalue weighted by atomic mass is 9.70. The van der Waals surface area contributed by atoms with Crippen molar-refractivity contribution in [3.05, 3.63) is 53.1 Å². The van der Waals surface area contributed by atoms with E-state index in [4.69, 9.17) is 10.1 Å². The van der Waals surface area contributed by atoms with Crippen LogP contribution in [0.3, 0.4) is 0 Å². The van der Waals surface area contributed by atoms with Gasteiger partial charge in [-0.15, -0.1) is 0 Å². The number of hydrogen-bond donors (Lipinski definition) is 2. The van der Waals surface area contributed by atoms with E-state index < -0.39 is 17.7 Å². The maximum Gasteiger partial charge on any atom is 0.416 e. The van der Waals surface area contributed by atoms with Crippen LogP contribution in [0.15, 0.2) is 36.4 Å². The number of hydrogen-bond acceptors (Lipinski definition) is 3. The van der Waals surface area contributed by atoms with E-state index in [0.29, 0.717) is 24.0 Å². The molecule has 2 atom stereocenters. The number of aromatic nitrogens is 2. The quantitative estimate of drug-likeness (QED) is 0.378. The maximum absolute atomic E-state index is 13.0. The zero-order valence-corrected chi connectivity index (χ0v) is 20.5. The predicted molar refractivity (Wildman–Crippen MR) is 131 cm³/mol. The molecule has 0 bridgehead atoms. The molecule has 0 amide bonds. The third-order valence-corrected chi connectivity index (χ3v) is 6.95.